The number of para-hydroxylation sites is 1. The fraction of sp³-hybridized carbons (Fsp3) is 0.158. The van der Waals surface area contributed by atoms with E-state index in [-0.39, 0.29) is 35.1 Å². The Kier molecular flexibility index (Phi) is 3.95. The molecule has 8 heteroatoms. The number of ketones is 1. The number of carbonyl (C=O) groups is 1. The van der Waals surface area contributed by atoms with Gasteiger partial charge in [0.05, 0.1) is 32.0 Å². The molecule has 27 heavy (non-hydrogen) atoms. The maximum Gasteiger partial charge on any atom is 0.189 e. The molecule has 0 unspecified atom stereocenters. The van der Waals surface area contributed by atoms with E-state index in [4.69, 9.17) is 15.2 Å². The zero-order valence-electron chi connectivity index (χ0n) is 14.7. The van der Waals surface area contributed by atoms with Gasteiger partial charge in [0.25, 0.3) is 0 Å². The van der Waals surface area contributed by atoms with Crippen LogP contribution < -0.4 is 20.1 Å². The zero-order chi connectivity index (χ0) is 19.1. The Morgan fingerprint density at radius 3 is 2.52 bits per heavy atom. The van der Waals surface area contributed by atoms with Gasteiger partial charge in [0.1, 0.15) is 34.2 Å². The van der Waals surface area contributed by atoms with E-state index in [1.165, 1.54) is 6.07 Å². The number of hydrogen-bond acceptors (Lipinski definition) is 6. The molecule has 0 fully saturated rings. The number of imidazole rings is 1. The molecule has 7 nitrogen and oxygen atoms in total. The number of aromatic amines is 1. The molecule has 138 valence electrons. The summed E-state index contributed by atoms with van der Waals surface area (Å²) >= 11 is 0. The van der Waals surface area contributed by atoms with E-state index in [1.807, 2.05) is 0 Å². The normalized spacial score (nSPS) is 14.3. The summed E-state index contributed by atoms with van der Waals surface area (Å²) in [7, 11) is 3.09. The average Bonchev–Trinajstić information content (AvgIpc) is 3.22. The molecule has 0 radical (unpaired) electrons. The quantitative estimate of drug-likeness (QED) is 0.735. The predicted molar refractivity (Wildman–Crippen MR) is 99.1 cm³/mol. The van der Waals surface area contributed by atoms with E-state index in [2.05, 4.69) is 9.97 Å². The molecule has 1 aliphatic rings. The average molecular weight is 368 g/mol. The van der Waals surface area contributed by atoms with Crippen LogP contribution in [-0.2, 0) is 4.79 Å². The number of anilines is 1. The molecule has 0 aliphatic carbocycles. The number of benzene rings is 2. The number of H-pyrrole nitrogens is 1. The summed E-state index contributed by atoms with van der Waals surface area (Å²) in [6.45, 7) is 0.0387. The summed E-state index contributed by atoms with van der Waals surface area (Å²) in [5.41, 5.74) is 7.81. The third-order valence-corrected chi connectivity index (χ3v) is 4.48. The Hall–Kier alpha value is -3.55. The van der Waals surface area contributed by atoms with Crippen LogP contribution >= 0.6 is 0 Å². The van der Waals surface area contributed by atoms with Crippen LogP contribution in [0.4, 0.5) is 10.1 Å². The lowest BCUT2D eigenvalue weighted by Gasteiger charge is -2.20. The molecule has 3 N–H and O–H groups in total. The number of methoxy groups -OCH3 is 2. The van der Waals surface area contributed by atoms with Crippen molar-refractivity contribution in [1.29, 1.82) is 0 Å². The standard InChI is InChI=1S/C19H17FN4O3/c1-26-11-6-10(7-12(8-11)27-2)24-9-15(25)16(18(24)21)19-22-14-5-3-4-13(20)17(14)23-19/h3-8H,9,21H2,1-2H3,(H,22,23). The van der Waals surface area contributed by atoms with Crippen LogP contribution in [0.25, 0.3) is 16.6 Å². The van der Waals surface area contributed by atoms with Crippen LogP contribution in [0.1, 0.15) is 5.82 Å². The second-order valence-electron chi connectivity index (χ2n) is 6.06. The van der Waals surface area contributed by atoms with Gasteiger partial charge in [-0.2, -0.15) is 0 Å². The van der Waals surface area contributed by atoms with Crippen LogP contribution in [0.5, 0.6) is 11.5 Å². The summed E-state index contributed by atoms with van der Waals surface area (Å²) in [5, 5.41) is 0. The molecule has 0 atom stereocenters. The number of hydrogen-bond donors (Lipinski definition) is 2. The molecule has 0 spiro atoms. The molecule has 0 saturated heterocycles. The summed E-state index contributed by atoms with van der Waals surface area (Å²) in [6, 6.07) is 9.81. The van der Waals surface area contributed by atoms with Crippen molar-refractivity contribution in [2.45, 2.75) is 0 Å². The number of nitrogens with two attached hydrogens (primary N) is 1. The zero-order valence-corrected chi connectivity index (χ0v) is 14.7. The van der Waals surface area contributed by atoms with E-state index >= 15 is 0 Å². The molecule has 1 aromatic heterocycles. The van der Waals surface area contributed by atoms with Crippen molar-refractivity contribution in [3.63, 3.8) is 0 Å². The fourth-order valence-corrected chi connectivity index (χ4v) is 3.13. The number of fused-ring (bicyclic) bond motifs is 1. The maximum absolute atomic E-state index is 13.9. The van der Waals surface area contributed by atoms with E-state index in [1.54, 1.807) is 49.5 Å². The molecule has 4 rings (SSSR count). The van der Waals surface area contributed by atoms with Gasteiger partial charge in [-0.25, -0.2) is 9.37 Å². The fourth-order valence-electron chi connectivity index (χ4n) is 3.13. The Bertz CT molecular complexity index is 1070. The maximum atomic E-state index is 13.9. The first-order valence-corrected chi connectivity index (χ1v) is 8.20. The highest BCUT2D eigenvalue weighted by Crippen LogP contribution is 2.34. The highest BCUT2D eigenvalue weighted by molar-refractivity contribution is 6.26. The molecule has 0 amide bonds. The van der Waals surface area contributed by atoms with Crippen LogP contribution in [-0.4, -0.2) is 36.5 Å². The van der Waals surface area contributed by atoms with Gasteiger partial charge < -0.3 is 25.1 Å². The second-order valence-corrected chi connectivity index (χ2v) is 6.06. The van der Waals surface area contributed by atoms with Crippen molar-refractivity contribution in [2.24, 2.45) is 5.73 Å². The Morgan fingerprint density at radius 1 is 1.19 bits per heavy atom. The molecule has 0 saturated carbocycles. The van der Waals surface area contributed by atoms with E-state index < -0.39 is 5.82 Å². The van der Waals surface area contributed by atoms with E-state index in [0.29, 0.717) is 22.7 Å². The van der Waals surface area contributed by atoms with Crippen LogP contribution in [0.2, 0.25) is 0 Å². The summed E-state index contributed by atoms with van der Waals surface area (Å²) in [4.78, 5) is 21.5. The van der Waals surface area contributed by atoms with Crippen molar-refractivity contribution in [1.82, 2.24) is 9.97 Å². The highest BCUT2D eigenvalue weighted by atomic mass is 19.1. The summed E-state index contributed by atoms with van der Waals surface area (Å²) < 4.78 is 24.5. The SMILES string of the molecule is COc1cc(OC)cc(N2CC(=O)C(c3nc4c(F)cccc4[nH]3)=C2N)c1. The van der Waals surface area contributed by atoms with Crippen LogP contribution in [0.3, 0.4) is 0 Å². The van der Waals surface area contributed by atoms with Crippen molar-refractivity contribution >= 4 is 28.1 Å². The van der Waals surface area contributed by atoms with Crippen LogP contribution in [0, 0.1) is 5.82 Å². The Labute approximate surface area is 154 Å². The second kappa shape index (κ2) is 6.31. The first-order chi connectivity index (χ1) is 13.0. The van der Waals surface area contributed by atoms with Crippen molar-refractivity contribution in [2.75, 3.05) is 25.7 Å². The third kappa shape index (κ3) is 2.75. The summed E-state index contributed by atoms with van der Waals surface area (Å²) in [5.74, 6) is 0.945. The van der Waals surface area contributed by atoms with Crippen LogP contribution in [0.15, 0.2) is 42.2 Å². The topological polar surface area (TPSA) is 93.5 Å². The number of halogens is 1. The Morgan fingerprint density at radius 2 is 1.89 bits per heavy atom. The number of nitrogens with zero attached hydrogens (tertiary/aromatic N) is 2. The lowest BCUT2D eigenvalue weighted by Crippen LogP contribution is -2.25. The van der Waals surface area contributed by atoms with Gasteiger partial charge in [-0.15, -0.1) is 0 Å². The molecular weight excluding hydrogens is 351 g/mol. The van der Waals surface area contributed by atoms with Gasteiger partial charge >= 0.3 is 0 Å². The lowest BCUT2D eigenvalue weighted by atomic mass is 10.2. The van der Waals surface area contributed by atoms with Gasteiger partial charge in [0, 0.05) is 18.2 Å². The summed E-state index contributed by atoms with van der Waals surface area (Å²) in [6.07, 6.45) is 0. The number of nitrogens with one attached hydrogen (secondary N) is 1. The molecule has 2 heterocycles. The van der Waals surface area contributed by atoms with Gasteiger partial charge in [-0.05, 0) is 12.1 Å². The number of Topliss-reactive ketones (excluding diaryl/α,β-unsaturated/α-hetero) is 1. The molecule has 3 aromatic rings. The van der Waals surface area contributed by atoms with Gasteiger partial charge in [0.2, 0.25) is 0 Å². The largest absolute Gasteiger partial charge is 0.497 e. The molecule has 0 bridgehead atoms. The van der Waals surface area contributed by atoms with E-state index in [9.17, 15) is 9.18 Å². The minimum Gasteiger partial charge on any atom is -0.497 e. The smallest absolute Gasteiger partial charge is 0.189 e. The monoisotopic (exact) mass is 368 g/mol. The van der Waals surface area contributed by atoms with Crippen molar-refractivity contribution in [3.8, 4) is 11.5 Å². The van der Waals surface area contributed by atoms with Gasteiger partial charge in [-0.3, -0.25) is 4.79 Å². The molecule has 1 aliphatic heterocycles. The first-order valence-electron chi connectivity index (χ1n) is 8.20. The number of carbonyl (C=O) groups excluding carboxylic acids is 1. The number of aromatic nitrogens is 2. The minimum absolute atomic E-state index is 0.0387. The van der Waals surface area contributed by atoms with Crippen molar-refractivity contribution in [3.05, 3.63) is 53.9 Å². The van der Waals surface area contributed by atoms with Gasteiger partial charge in [0.15, 0.2) is 11.6 Å². The molecular formula is C19H17FN4O3. The minimum atomic E-state index is -0.464. The Balaban J connectivity index is 1.81. The van der Waals surface area contributed by atoms with E-state index in [0.717, 1.165) is 0 Å². The lowest BCUT2D eigenvalue weighted by molar-refractivity contribution is -0.112. The molecule has 2 aromatic carbocycles. The predicted octanol–water partition coefficient (Wildman–Crippen LogP) is 2.44. The first kappa shape index (κ1) is 16.9. The number of rotatable bonds is 4. The number of ether oxygens (including phenoxy) is 2. The van der Waals surface area contributed by atoms with Crippen molar-refractivity contribution < 1.29 is 18.7 Å². The highest BCUT2D eigenvalue weighted by Gasteiger charge is 2.32. The third-order valence-electron chi connectivity index (χ3n) is 4.48. The van der Waals surface area contributed by atoms with Gasteiger partial charge in [-0.1, -0.05) is 6.07 Å².